The zero-order valence-corrected chi connectivity index (χ0v) is 10.6. The first-order valence-corrected chi connectivity index (χ1v) is 5.69. The predicted molar refractivity (Wildman–Crippen MR) is 67.6 cm³/mol. The molecular formula is C13H20N2O2. The summed E-state index contributed by atoms with van der Waals surface area (Å²) in [5.74, 6) is -0.175. The number of nitrogens with two attached hydrogens (primary N) is 1. The molecule has 1 unspecified atom stereocenters. The molecule has 17 heavy (non-hydrogen) atoms. The van der Waals surface area contributed by atoms with E-state index in [9.17, 15) is 4.79 Å². The van der Waals surface area contributed by atoms with Crippen molar-refractivity contribution in [2.24, 2.45) is 5.73 Å². The van der Waals surface area contributed by atoms with Gasteiger partial charge < -0.3 is 15.8 Å². The van der Waals surface area contributed by atoms with E-state index in [-0.39, 0.29) is 18.5 Å². The Hall–Kier alpha value is -1.39. The van der Waals surface area contributed by atoms with Crippen LogP contribution in [0.4, 0.5) is 0 Å². The van der Waals surface area contributed by atoms with E-state index in [0.29, 0.717) is 0 Å². The monoisotopic (exact) mass is 236 g/mol. The molecule has 3 N–H and O–H groups in total. The smallest absolute Gasteiger partial charge is 0.250 e. The maximum absolute atomic E-state index is 11.8. The van der Waals surface area contributed by atoms with E-state index in [4.69, 9.17) is 10.5 Å². The molecule has 0 aromatic heterocycles. The van der Waals surface area contributed by atoms with Gasteiger partial charge in [-0.3, -0.25) is 4.79 Å². The second kappa shape index (κ2) is 6.37. The van der Waals surface area contributed by atoms with Gasteiger partial charge in [0.1, 0.15) is 6.10 Å². The van der Waals surface area contributed by atoms with Crippen molar-refractivity contribution in [2.75, 3.05) is 13.7 Å². The molecule has 0 aliphatic heterocycles. The Bertz CT molecular complexity index is 375. The molecule has 0 radical (unpaired) electrons. The molecule has 1 aromatic rings. The summed E-state index contributed by atoms with van der Waals surface area (Å²) >= 11 is 0. The Morgan fingerprint density at radius 2 is 2.12 bits per heavy atom. The number of hydrogen-bond acceptors (Lipinski definition) is 3. The fourth-order valence-electron chi connectivity index (χ4n) is 1.77. The molecular weight excluding hydrogens is 216 g/mol. The van der Waals surface area contributed by atoms with Crippen LogP contribution in [0.3, 0.4) is 0 Å². The lowest BCUT2D eigenvalue weighted by Crippen LogP contribution is -2.41. The normalized spacial score (nSPS) is 14.1. The standard InChI is InChI=1S/C13H20N2O2/c1-9-6-4-5-7-11(9)10(2)15-13(16)12(8-14)17-3/h4-7,10,12H,8,14H2,1-3H3,(H,15,16)/t10-,12?/m0/s1. The van der Waals surface area contributed by atoms with Crippen LogP contribution in [-0.2, 0) is 9.53 Å². The van der Waals surface area contributed by atoms with Crippen molar-refractivity contribution in [2.45, 2.75) is 26.0 Å². The third-order valence-corrected chi connectivity index (χ3v) is 2.80. The quantitative estimate of drug-likeness (QED) is 0.806. The van der Waals surface area contributed by atoms with Gasteiger partial charge >= 0.3 is 0 Å². The van der Waals surface area contributed by atoms with Gasteiger partial charge in [-0.15, -0.1) is 0 Å². The van der Waals surface area contributed by atoms with Gasteiger partial charge in [-0.25, -0.2) is 0 Å². The number of ether oxygens (including phenoxy) is 1. The Kier molecular flexibility index (Phi) is 5.12. The minimum atomic E-state index is -0.582. The lowest BCUT2D eigenvalue weighted by molar-refractivity contribution is -0.131. The van der Waals surface area contributed by atoms with Gasteiger partial charge in [0.05, 0.1) is 6.04 Å². The Balaban J connectivity index is 2.70. The first-order valence-electron chi connectivity index (χ1n) is 5.69. The van der Waals surface area contributed by atoms with E-state index in [1.807, 2.05) is 38.1 Å². The van der Waals surface area contributed by atoms with Crippen LogP contribution in [0, 0.1) is 6.92 Å². The van der Waals surface area contributed by atoms with Crippen LogP contribution in [-0.4, -0.2) is 25.7 Å². The van der Waals surface area contributed by atoms with Gasteiger partial charge in [-0.05, 0) is 25.0 Å². The zero-order chi connectivity index (χ0) is 12.8. The van der Waals surface area contributed by atoms with Crippen LogP contribution in [0.25, 0.3) is 0 Å². The third-order valence-electron chi connectivity index (χ3n) is 2.80. The topological polar surface area (TPSA) is 64.3 Å². The van der Waals surface area contributed by atoms with E-state index in [0.717, 1.165) is 11.1 Å². The molecule has 4 nitrogen and oxygen atoms in total. The molecule has 0 bridgehead atoms. The van der Waals surface area contributed by atoms with E-state index in [2.05, 4.69) is 5.32 Å². The summed E-state index contributed by atoms with van der Waals surface area (Å²) in [6, 6.07) is 7.92. The number of carbonyl (C=O) groups is 1. The highest BCUT2D eigenvalue weighted by molar-refractivity contribution is 5.81. The number of rotatable bonds is 5. The molecule has 0 spiro atoms. The Morgan fingerprint density at radius 1 is 1.47 bits per heavy atom. The van der Waals surface area contributed by atoms with Gasteiger partial charge in [0.2, 0.25) is 0 Å². The van der Waals surface area contributed by atoms with Gasteiger partial charge in [0.15, 0.2) is 0 Å². The van der Waals surface area contributed by atoms with E-state index in [1.165, 1.54) is 7.11 Å². The minimum absolute atomic E-state index is 0.0482. The van der Waals surface area contributed by atoms with Crippen LogP contribution in [0.1, 0.15) is 24.1 Å². The van der Waals surface area contributed by atoms with Crippen molar-refractivity contribution in [1.82, 2.24) is 5.32 Å². The summed E-state index contributed by atoms with van der Waals surface area (Å²) in [5.41, 5.74) is 7.70. The minimum Gasteiger partial charge on any atom is -0.370 e. The van der Waals surface area contributed by atoms with Crippen LogP contribution in [0.5, 0.6) is 0 Å². The molecule has 94 valence electrons. The van der Waals surface area contributed by atoms with Crippen LogP contribution in [0.15, 0.2) is 24.3 Å². The number of hydrogen-bond donors (Lipinski definition) is 2. The first-order chi connectivity index (χ1) is 8.10. The molecule has 2 atom stereocenters. The Morgan fingerprint density at radius 3 is 2.65 bits per heavy atom. The molecule has 4 heteroatoms. The highest BCUT2D eigenvalue weighted by Crippen LogP contribution is 2.16. The number of amides is 1. The van der Waals surface area contributed by atoms with Crippen molar-refractivity contribution in [3.63, 3.8) is 0 Å². The maximum atomic E-state index is 11.8. The summed E-state index contributed by atoms with van der Waals surface area (Å²) in [6.45, 7) is 4.15. The SMILES string of the molecule is COC(CN)C(=O)N[C@@H](C)c1ccccc1C. The fraction of sp³-hybridized carbons (Fsp3) is 0.462. The second-order valence-corrected chi connectivity index (χ2v) is 4.05. The lowest BCUT2D eigenvalue weighted by Gasteiger charge is -2.19. The average Bonchev–Trinajstić information content (AvgIpc) is 2.31. The fourth-order valence-corrected chi connectivity index (χ4v) is 1.77. The summed E-state index contributed by atoms with van der Waals surface area (Å²) in [4.78, 5) is 11.8. The van der Waals surface area contributed by atoms with E-state index in [1.54, 1.807) is 0 Å². The molecule has 1 rings (SSSR count). The maximum Gasteiger partial charge on any atom is 0.250 e. The predicted octanol–water partition coefficient (Wildman–Crippen LogP) is 1.15. The highest BCUT2D eigenvalue weighted by atomic mass is 16.5. The number of aryl methyl sites for hydroxylation is 1. The molecule has 0 aliphatic carbocycles. The van der Waals surface area contributed by atoms with Gasteiger partial charge in [-0.1, -0.05) is 24.3 Å². The van der Waals surface area contributed by atoms with E-state index >= 15 is 0 Å². The summed E-state index contributed by atoms with van der Waals surface area (Å²) in [6.07, 6.45) is -0.582. The van der Waals surface area contributed by atoms with Gasteiger partial charge in [-0.2, -0.15) is 0 Å². The summed E-state index contributed by atoms with van der Waals surface area (Å²) in [7, 11) is 1.48. The summed E-state index contributed by atoms with van der Waals surface area (Å²) in [5, 5.41) is 2.90. The van der Waals surface area contributed by atoms with E-state index < -0.39 is 6.10 Å². The largest absolute Gasteiger partial charge is 0.370 e. The van der Waals surface area contributed by atoms with Gasteiger partial charge in [0.25, 0.3) is 5.91 Å². The molecule has 1 amide bonds. The number of methoxy groups -OCH3 is 1. The molecule has 1 aromatic carbocycles. The lowest BCUT2D eigenvalue weighted by atomic mass is 10.0. The second-order valence-electron chi connectivity index (χ2n) is 4.05. The molecule has 0 heterocycles. The number of carbonyl (C=O) groups excluding carboxylic acids is 1. The molecule has 0 aliphatic rings. The van der Waals surface area contributed by atoms with Crippen molar-refractivity contribution in [1.29, 1.82) is 0 Å². The zero-order valence-electron chi connectivity index (χ0n) is 10.6. The van der Waals surface area contributed by atoms with Crippen LogP contribution < -0.4 is 11.1 Å². The summed E-state index contributed by atoms with van der Waals surface area (Å²) < 4.78 is 4.99. The average molecular weight is 236 g/mol. The highest BCUT2D eigenvalue weighted by Gasteiger charge is 2.18. The third kappa shape index (κ3) is 3.54. The Labute approximate surface area is 102 Å². The van der Waals surface area contributed by atoms with Crippen molar-refractivity contribution >= 4 is 5.91 Å². The number of benzene rings is 1. The number of nitrogens with one attached hydrogen (secondary N) is 1. The first kappa shape index (κ1) is 13.7. The molecule has 0 saturated heterocycles. The van der Waals surface area contributed by atoms with Crippen LogP contribution >= 0.6 is 0 Å². The molecule has 0 saturated carbocycles. The molecule has 0 fully saturated rings. The van der Waals surface area contributed by atoms with Crippen molar-refractivity contribution < 1.29 is 9.53 Å². The van der Waals surface area contributed by atoms with Crippen molar-refractivity contribution in [3.05, 3.63) is 35.4 Å². The van der Waals surface area contributed by atoms with Crippen molar-refractivity contribution in [3.8, 4) is 0 Å². The van der Waals surface area contributed by atoms with Crippen LogP contribution in [0.2, 0.25) is 0 Å². The van der Waals surface area contributed by atoms with Gasteiger partial charge in [0, 0.05) is 13.7 Å².